The maximum atomic E-state index is 3.54. The van der Waals surface area contributed by atoms with Crippen LogP contribution in [0.5, 0.6) is 0 Å². The first kappa shape index (κ1) is 13.7. The minimum Gasteiger partial charge on any atom is -0.384 e. The van der Waals surface area contributed by atoms with E-state index >= 15 is 0 Å². The Morgan fingerprint density at radius 1 is 1.28 bits per heavy atom. The van der Waals surface area contributed by atoms with E-state index in [0.29, 0.717) is 0 Å². The van der Waals surface area contributed by atoms with Gasteiger partial charge in [-0.05, 0) is 49.4 Å². The number of fused-ring (bicyclic) bond motifs is 1. The minimum absolute atomic E-state index is 0. The molecular weight excluding hydrogens is 244 g/mol. The summed E-state index contributed by atoms with van der Waals surface area (Å²) in [5.74, 6) is 0.922. The number of halogens is 1. The molecular formula is C15H23ClN2. The molecule has 0 radical (unpaired) electrons. The summed E-state index contributed by atoms with van der Waals surface area (Å²) in [4.78, 5) is 2.61. The molecule has 0 amide bonds. The minimum atomic E-state index is 0. The van der Waals surface area contributed by atoms with E-state index < -0.39 is 0 Å². The van der Waals surface area contributed by atoms with Crippen molar-refractivity contribution in [3.05, 3.63) is 29.3 Å². The highest BCUT2D eigenvalue weighted by molar-refractivity contribution is 5.85. The number of rotatable bonds is 2. The molecule has 1 aromatic rings. The van der Waals surface area contributed by atoms with Crippen LogP contribution in [-0.4, -0.2) is 24.5 Å². The maximum Gasteiger partial charge on any atom is 0.0419 e. The zero-order chi connectivity index (χ0) is 11.7. The first-order valence-corrected chi connectivity index (χ1v) is 6.90. The average molecular weight is 267 g/mol. The van der Waals surface area contributed by atoms with Crippen LogP contribution in [0, 0.1) is 5.92 Å². The molecule has 0 atom stereocenters. The number of benzene rings is 1. The van der Waals surface area contributed by atoms with Crippen molar-refractivity contribution in [2.45, 2.75) is 32.7 Å². The highest BCUT2D eigenvalue weighted by Crippen LogP contribution is 2.28. The van der Waals surface area contributed by atoms with Crippen molar-refractivity contribution in [1.82, 2.24) is 4.90 Å². The molecule has 100 valence electrons. The zero-order valence-corrected chi connectivity index (χ0v) is 11.9. The second-order valence-electron chi connectivity index (χ2n) is 5.59. The van der Waals surface area contributed by atoms with Crippen molar-refractivity contribution in [2.75, 3.05) is 25.0 Å². The Balaban J connectivity index is 0.00000120. The lowest BCUT2D eigenvalue weighted by atomic mass is 9.98. The lowest BCUT2D eigenvalue weighted by molar-refractivity contribution is 0.185. The predicted octanol–water partition coefficient (Wildman–Crippen LogP) is 3.31. The molecule has 1 aromatic carbocycles. The van der Waals surface area contributed by atoms with Gasteiger partial charge in [-0.1, -0.05) is 25.1 Å². The first-order valence-electron chi connectivity index (χ1n) is 6.90. The quantitative estimate of drug-likeness (QED) is 0.884. The van der Waals surface area contributed by atoms with Gasteiger partial charge in [-0.25, -0.2) is 0 Å². The Kier molecular flexibility index (Phi) is 4.52. The Morgan fingerprint density at radius 2 is 2.06 bits per heavy atom. The second-order valence-corrected chi connectivity index (χ2v) is 5.59. The van der Waals surface area contributed by atoms with Crippen LogP contribution in [0.2, 0.25) is 0 Å². The summed E-state index contributed by atoms with van der Waals surface area (Å²) in [7, 11) is 0. The molecule has 0 saturated carbocycles. The van der Waals surface area contributed by atoms with E-state index in [1.54, 1.807) is 0 Å². The summed E-state index contributed by atoms with van der Waals surface area (Å²) in [5.41, 5.74) is 4.42. The molecule has 0 aromatic heterocycles. The highest BCUT2D eigenvalue weighted by atomic mass is 35.5. The molecule has 2 aliphatic rings. The molecule has 0 unspecified atom stereocenters. The lowest BCUT2D eigenvalue weighted by Crippen LogP contribution is -2.32. The normalized spacial score (nSPS) is 20.1. The van der Waals surface area contributed by atoms with Gasteiger partial charge < -0.3 is 5.32 Å². The first-order chi connectivity index (χ1) is 8.33. The smallest absolute Gasteiger partial charge is 0.0419 e. The Labute approximate surface area is 116 Å². The van der Waals surface area contributed by atoms with Gasteiger partial charge in [0.2, 0.25) is 0 Å². The summed E-state index contributed by atoms with van der Waals surface area (Å²) < 4.78 is 0. The third-order valence-electron chi connectivity index (χ3n) is 4.20. The molecule has 18 heavy (non-hydrogen) atoms. The summed E-state index contributed by atoms with van der Waals surface area (Å²) >= 11 is 0. The van der Waals surface area contributed by atoms with Gasteiger partial charge in [0.1, 0.15) is 0 Å². The third kappa shape index (κ3) is 2.81. The Bertz CT molecular complexity index is 397. The second kappa shape index (κ2) is 5.94. The fourth-order valence-electron chi connectivity index (χ4n) is 3.00. The highest BCUT2D eigenvalue weighted by Gasteiger charge is 2.19. The summed E-state index contributed by atoms with van der Waals surface area (Å²) in [5, 5.41) is 3.54. The monoisotopic (exact) mass is 266 g/mol. The summed E-state index contributed by atoms with van der Waals surface area (Å²) in [6, 6.07) is 6.76. The van der Waals surface area contributed by atoms with Crippen LogP contribution < -0.4 is 5.32 Å². The molecule has 1 fully saturated rings. The Morgan fingerprint density at radius 3 is 2.83 bits per heavy atom. The van der Waals surface area contributed by atoms with Crippen LogP contribution in [0.4, 0.5) is 5.69 Å². The van der Waals surface area contributed by atoms with E-state index in [1.165, 1.54) is 49.2 Å². The third-order valence-corrected chi connectivity index (χ3v) is 4.20. The molecule has 0 spiro atoms. The molecule has 2 aliphatic heterocycles. The number of piperidine rings is 1. The van der Waals surface area contributed by atoms with Crippen LogP contribution in [0.25, 0.3) is 0 Å². The Hall–Kier alpha value is -0.730. The number of para-hydroxylation sites is 1. The van der Waals surface area contributed by atoms with E-state index in [9.17, 15) is 0 Å². The van der Waals surface area contributed by atoms with Crippen molar-refractivity contribution in [2.24, 2.45) is 5.92 Å². The number of hydrogen-bond donors (Lipinski definition) is 1. The van der Waals surface area contributed by atoms with Gasteiger partial charge in [0.25, 0.3) is 0 Å². The van der Waals surface area contributed by atoms with Crippen molar-refractivity contribution in [1.29, 1.82) is 0 Å². The van der Waals surface area contributed by atoms with Gasteiger partial charge in [-0.15, -0.1) is 12.4 Å². The van der Waals surface area contributed by atoms with Crippen LogP contribution in [-0.2, 0) is 13.0 Å². The van der Waals surface area contributed by atoms with Gasteiger partial charge in [0.05, 0.1) is 0 Å². The van der Waals surface area contributed by atoms with Crippen LogP contribution >= 0.6 is 12.4 Å². The predicted molar refractivity (Wildman–Crippen MR) is 79.6 cm³/mol. The van der Waals surface area contributed by atoms with Crippen LogP contribution in [0.1, 0.15) is 30.9 Å². The molecule has 3 heteroatoms. The van der Waals surface area contributed by atoms with Crippen LogP contribution in [0.3, 0.4) is 0 Å². The molecule has 0 bridgehead atoms. The van der Waals surface area contributed by atoms with Crippen molar-refractivity contribution in [3.63, 3.8) is 0 Å². The topological polar surface area (TPSA) is 15.3 Å². The van der Waals surface area contributed by atoms with Crippen LogP contribution in [0.15, 0.2) is 18.2 Å². The average Bonchev–Trinajstić information content (AvgIpc) is 2.81. The van der Waals surface area contributed by atoms with Crippen molar-refractivity contribution >= 4 is 18.1 Å². The standard InChI is InChI=1S/C15H22N2.ClH/c1-12-6-9-17(10-7-12)11-14-4-2-3-13-5-8-16-15(13)14;/h2-4,12,16H,5-11H2,1H3;1H. The lowest BCUT2D eigenvalue weighted by Gasteiger charge is -2.30. The largest absolute Gasteiger partial charge is 0.384 e. The number of anilines is 1. The van der Waals surface area contributed by atoms with E-state index in [-0.39, 0.29) is 12.4 Å². The van der Waals surface area contributed by atoms with E-state index in [0.717, 1.165) is 19.0 Å². The number of nitrogens with zero attached hydrogens (tertiary/aromatic N) is 1. The van der Waals surface area contributed by atoms with E-state index in [4.69, 9.17) is 0 Å². The maximum absolute atomic E-state index is 3.54. The van der Waals surface area contributed by atoms with Gasteiger partial charge in [0.15, 0.2) is 0 Å². The number of likely N-dealkylation sites (tertiary alicyclic amines) is 1. The fraction of sp³-hybridized carbons (Fsp3) is 0.600. The summed E-state index contributed by atoms with van der Waals surface area (Å²) in [6.45, 7) is 7.15. The van der Waals surface area contributed by atoms with Gasteiger partial charge in [0, 0.05) is 18.8 Å². The number of nitrogens with one attached hydrogen (secondary N) is 1. The zero-order valence-electron chi connectivity index (χ0n) is 11.1. The molecule has 0 aliphatic carbocycles. The van der Waals surface area contributed by atoms with Gasteiger partial charge in [-0.2, -0.15) is 0 Å². The molecule has 3 rings (SSSR count). The van der Waals surface area contributed by atoms with Gasteiger partial charge >= 0.3 is 0 Å². The van der Waals surface area contributed by atoms with E-state index in [2.05, 4.69) is 35.3 Å². The van der Waals surface area contributed by atoms with Crippen molar-refractivity contribution in [3.8, 4) is 0 Å². The molecule has 1 N–H and O–H groups in total. The molecule has 2 nitrogen and oxygen atoms in total. The molecule has 2 heterocycles. The number of hydrogen-bond acceptors (Lipinski definition) is 2. The fourth-order valence-corrected chi connectivity index (χ4v) is 3.00. The van der Waals surface area contributed by atoms with E-state index in [1.807, 2.05) is 0 Å². The van der Waals surface area contributed by atoms with Gasteiger partial charge in [-0.3, -0.25) is 4.90 Å². The summed E-state index contributed by atoms with van der Waals surface area (Å²) in [6.07, 6.45) is 3.92. The SMILES string of the molecule is CC1CCN(Cc2cccc3c2NCC3)CC1.Cl. The van der Waals surface area contributed by atoms with Crippen molar-refractivity contribution < 1.29 is 0 Å². The molecule has 1 saturated heterocycles.